The molecular weight excluding hydrogens is 280 g/mol. The van der Waals surface area contributed by atoms with Crippen molar-refractivity contribution in [1.29, 1.82) is 0 Å². The van der Waals surface area contributed by atoms with Gasteiger partial charge in [0.2, 0.25) is 5.91 Å². The van der Waals surface area contributed by atoms with Crippen molar-refractivity contribution in [2.45, 2.75) is 38.8 Å². The van der Waals surface area contributed by atoms with Crippen LogP contribution in [-0.4, -0.2) is 33.3 Å². The summed E-state index contributed by atoms with van der Waals surface area (Å²) in [5.41, 5.74) is 4.08. The first-order valence-electron chi connectivity index (χ1n) is 7.59. The van der Waals surface area contributed by atoms with E-state index in [9.17, 15) is 4.79 Å². The third-order valence-corrected chi connectivity index (χ3v) is 4.30. The maximum absolute atomic E-state index is 12.2. The van der Waals surface area contributed by atoms with Crippen molar-refractivity contribution in [3.05, 3.63) is 41.0 Å². The van der Waals surface area contributed by atoms with E-state index < -0.39 is 0 Å². The normalized spacial score (nSPS) is 21.2. The molecule has 3 rings (SSSR count). The van der Waals surface area contributed by atoms with Gasteiger partial charge in [0.05, 0.1) is 18.2 Å². The number of hydrogen-bond acceptors (Lipinski definition) is 3. The van der Waals surface area contributed by atoms with Gasteiger partial charge in [0.25, 0.3) is 0 Å². The highest BCUT2D eigenvalue weighted by molar-refractivity contribution is 5.78. The number of nitrogens with zero attached hydrogens (tertiary/aromatic N) is 2. The number of aromatic amines is 1. The van der Waals surface area contributed by atoms with Crippen molar-refractivity contribution < 1.29 is 9.53 Å². The molecule has 118 valence electrons. The second-order valence-electron chi connectivity index (χ2n) is 5.83. The van der Waals surface area contributed by atoms with Gasteiger partial charge in [0.1, 0.15) is 6.10 Å². The fraction of sp³-hybridized carbons (Fsp3) is 0.500. The molecule has 6 nitrogen and oxygen atoms in total. The lowest BCUT2D eigenvalue weighted by Crippen LogP contribution is -2.38. The molecule has 2 N–H and O–H groups in total. The molecule has 0 radical (unpaired) electrons. The SMILES string of the molecule is Cc1nn(C)c(C)c1[C@H]1OCC[C@@H]1NC(=O)Cc1ccc[nH]1. The Balaban J connectivity index is 1.72. The van der Waals surface area contributed by atoms with Crippen molar-refractivity contribution >= 4 is 5.91 Å². The van der Waals surface area contributed by atoms with Gasteiger partial charge in [-0.25, -0.2) is 0 Å². The van der Waals surface area contributed by atoms with Gasteiger partial charge in [0.15, 0.2) is 0 Å². The summed E-state index contributed by atoms with van der Waals surface area (Å²) >= 11 is 0. The van der Waals surface area contributed by atoms with Gasteiger partial charge in [-0.2, -0.15) is 5.10 Å². The average Bonchev–Trinajstić information content (AvgIpc) is 3.15. The number of rotatable bonds is 4. The van der Waals surface area contributed by atoms with Gasteiger partial charge in [-0.15, -0.1) is 0 Å². The summed E-state index contributed by atoms with van der Waals surface area (Å²) in [6.07, 6.45) is 2.91. The molecule has 1 amide bonds. The average molecular weight is 302 g/mol. The lowest BCUT2D eigenvalue weighted by atomic mass is 10.00. The van der Waals surface area contributed by atoms with Crippen molar-refractivity contribution in [2.75, 3.05) is 6.61 Å². The van der Waals surface area contributed by atoms with E-state index in [0.717, 1.165) is 29.1 Å². The minimum atomic E-state index is -0.110. The third-order valence-electron chi connectivity index (χ3n) is 4.30. The van der Waals surface area contributed by atoms with Crippen molar-refractivity contribution in [2.24, 2.45) is 7.05 Å². The minimum absolute atomic E-state index is 0.00376. The van der Waals surface area contributed by atoms with Crippen LogP contribution in [0.15, 0.2) is 18.3 Å². The molecule has 1 aliphatic rings. The Hall–Kier alpha value is -2.08. The Labute approximate surface area is 129 Å². The zero-order valence-electron chi connectivity index (χ0n) is 13.2. The van der Waals surface area contributed by atoms with Gasteiger partial charge in [-0.1, -0.05) is 0 Å². The molecule has 0 aromatic carbocycles. The van der Waals surface area contributed by atoms with Crippen molar-refractivity contribution in [3.63, 3.8) is 0 Å². The number of carbonyl (C=O) groups is 1. The van der Waals surface area contributed by atoms with E-state index in [1.54, 1.807) is 0 Å². The van der Waals surface area contributed by atoms with Crippen LogP contribution in [0.5, 0.6) is 0 Å². The Kier molecular flexibility index (Phi) is 4.02. The number of aromatic nitrogens is 3. The minimum Gasteiger partial charge on any atom is -0.371 e. The summed E-state index contributed by atoms with van der Waals surface area (Å²) in [4.78, 5) is 15.3. The fourth-order valence-electron chi connectivity index (χ4n) is 3.13. The molecule has 0 aliphatic carbocycles. The first kappa shape index (κ1) is 14.8. The maximum Gasteiger partial charge on any atom is 0.226 e. The molecule has 0 saturated carbocycles. The van der Waals surface area contributed by atoms with Gasteiger partial charge in [0, 0.05) is 36.8 Å². The molecule has 2 aromatic heterocycles. The number of nitrogens with one attached hydrogen (secondary N) is 2. The summed E-state index contributed by atoms with van der Waals surface area (Å²) in [7, 11) is 1.93. The van der Waals surface area contributed by atoms with E-state index >= 15 is 0 Å². The second-order valence-corrected chi connectivity index (χ2v) is 5.83. The Morgan fingerprint density at radius 3 is 3.00 bits per heavy atom. The van der Waals surface area contributed by atoms with Crippen LogP contribution in [0.1, 0.15) is 35.2 Å². The van der Waals surface area contributed by atoms with E-state index in [0.29, 0.717) is 13.0 Å². The largest absolute Gasteiger partial charge is 0.371 e. The van der Waals surface area contributed by atoms with Crippen LogP contribution in [0, 0.1) is 13.8 Å². The number of ether oxygens (including phenoxy) is 1. The summed E-state index contributed by atoms with van der Waals surface area (Å²) in [5, 5.41) is 7.56. The number of aryl methyl sites for hydroxylation is 2. The molecule has 22 heavy (non-hydrogen) atoms. The molecule has 6 heteroatoms. The standard InChI is InChI=1S/C16H22N4O2/c1-10-15(11(2)20(3)19-10)16-13(6-8-22-16)18-14(21)9-12-5-4-7-17-12/h4-5,7,13,16-17H,6,8-9H2,1-3H3,(H,18,21)/t13-,16-/m0/s1. The van der Waals surface area contributed by atoms with Crippen molar-refractivity contribution in [1.82, 2.24) is 20.1 Å². The van der Waals surface area contributed by atoms with E-state index in [1.165, 1.54) is 0 Å². The Bertz CT molecular complexity index is 660. The number of amides is 1. The molecule has 1 aliphatic heterocycles. The van der Waals surface area contributed by atoms with Crippen LogP contribution in [0.3, 0.4) is 0 Å². The second kappa shape index (κ2) is 5.96. The van der Waals surface area contributed by atoms with Crippen molar-refractivity contribution in [3.8, 4) is 0 Å². The molecule has 2 aromatic rings. The summed E-state index contributed by atoms with van der Waals surface area (Å²) in [6.45, 7) is 4.68. The van der Waals surface area contributed by atoms with Gasteiger partial charge < -0.3 is 15.0 Å². The Morgan fingerprint density at radius 1 is 1.55 bits per heavy atom. The monoisotopic (exact) mass is 302 g/mol. The highest BCUT2D eigenvalue weighted by Gasteiger charge is 2.34. The van der Waals surface area contributed by atoms with Crippen LogP contribution in [-0.2, 0) is 23.0 Å². The van der Waals surface area contributed by atoms with Crippen LogP contribution in [0.2, 0.25) is 0 Å². The van der Waals surface area contributed by atoms with Gasteiger partial charge in [-0.05, 0) is 32.4 Å². The van der Waals surface area contributed by atoms with E-state index in [2.05, 4.69) is 15.4 Å². The summed E-state index contributed by atoms with van der Waals surface area (Å²) < 4.78 is 7.75. The van der Waals surface area contributed by atoms with Crippen LogP contribution >= 0.6 is 0 Å². The van der Waals surface area contributed by atoms with E-state index in [4.69, 9.17) is 4.74 Å². The molecule has 1 fully saturated rings. The summed E-state index contributed by atoms with van der Waals surface area (Å²) in [6, 6.07) is 3.81. The van der Waals surface area contributed by atoms with Crippen LogP contribution in [0.4, 0.5) is 0 Å². The highest BCUT2D eigenvalue weighted by atomic mass is 16.5. The van der Waals surface area contributed by atoms with Crippen LogP contribution in [0.25, 0.3) is 0 Å². The predicted octanol–water partition coefficient (Wildman–Crippen LogP) is 1.55. The fourth-order valence-corrected chi connectivity index (χ4v) is 3.13. The third kappa shape index (κ3) is 2.78. The first-order valence-corrected chi connectivity index (χ1v) is 7.59. The first-order chi connectivity index (χ1) is 10.6. The molecule has 0 spiro atoms. The van der Waals surface area contributed by atoms with E-state index in [-0.39, 0.29) is 18.1 Å². The Morgan fingerprint density at radius 2 is 2.36 bits per heavy atom. The highest BCUT2D eigenvalue weighted by Crippen LogP contribution is 2.33. The van der Waals surface area contributed by atoms with Crippen LogP contribution < -0.4 is 5.32 Å². The number of hydrogen-bond donors (Lipinski definition) is 2. The van der Waals surface area contributed by atoms with Gasteiger partial charge >= 0.3 is 0 Å². The maximum atomic E-state index is 12.2. The topological polar surface area (TPSA) is 71.9 Å². The van der Waals surface area contributed by atoms with E-state index in [1.807, 2.05) is 43.9 Å². The number of carbonyl (C=O) groups excluding carboxylic acids is 1. The smallest absolute Gasteiger partial charge is 0.226 e. The lowest BCUT2D eigenvalue weighted by Gasteiger charge is -2.20. The molecule has 1 saturated heterocycles. The molecular formula is C16H22N4O2. The lowest BCUT2D eigenvalue weighted by molar-refractivity contribution is -0.121. The zero-order chi connectivity index (χ0) is 15.7. The molecule has 0 bridgehead atoms. The predicted molar refractivity (Wildman–Crippen MR) is 82.4 cm³/mol. The molecule has 0 unspecified atom stereocenters. The molecule has 2 atom stereocenters. The quantitative estimate of drug-likeness (QED) is 0.900. The van der Waals surface area contributed by atoms with Gasteiger partial charge in [-0.3, -0.25) is 9.48 Å². The summed E-state index contributed by atoms with van der Waals surface area (Å²) in [5.74, 6) is 0.0159. The zero-order valence-corrected chi connectivity index (χ0v) is 13.2. The number of H-pyrrole nitrogens is 1. The molecule has 3 heterocycles.